The molecular weight excluding hydrogens is 360 g/mol. The second kappa shape index (κ2) is 9.18. The lowest BCUT2D eigenvalue weighted by Crippen LogP contribution is -2.40. The largest absolute Gasteiger partial charge is 0.462 e. The van der Waals surface area contributed by atoms with Gasteiger partial charge in [0.1, 0.15) is 11.9 Å². The summed E-state index contributed by atoms with van der Waals surface area (Å²) in [5, 5.41) is 10.0. The molecule has 4 atom stereocenters. The SMILES string of the molecule is [2H]C([2H])(CO[Si](C)(C)C(C)(C)C)C([2H])([2H])C([2H])([2H])CC(=O)CC[C@@H]1[C@H]2CC(=O)O[C@H]2C[C@H]1O. The molecule has 5 nitrogen and oxygen atoms in total. The zero-order chi connectivity index (χ0) is 25.6. The highest BCUT2D eigenvalue weighted by atomic mass is 28.4. The van der Waals surface area contributed by atoms with Gasteiger partial charge in [-0.1, -0.05) is 27.1 Å². The molecule has 6 heteroatoms. The smallest absolute Gasteiger partial charge is 0.306 e. The lowest BCUT2D eigenvalue weighted by atomic mass is 9.87. The number of aliphatic hydroxyl groups excluding tert-OH is 1. The fourth-order valence-electron chi connectivity index (χ4n) is 3.47. The van der Waals surface area contributed by atoms with Gasteiger partial charge in [-0.15, -0.1) is 0 Å². The minimum atomic E-state index is -2.97. The van der Waals surface area contributed by atoms with Gasteiger partial charge in [-0.2, -0.15) is 0 Å². The van der Waals surface area contributed by atoms with Crippen LogP contribution in [0.2, 0.25) is 18.1 Å². The molecule has 1 N–H and O–H groups in total. The van der Waals surface area contributed by atoms with Crippen LogP contribution in [-0.4, -0.2) is 44.0 Å². The average molecular weight is 405 g/mol. The van der Waals surface area contributed by atoms with Crippen LogP contribution in [0.25, 0.3) is 0 Å². The second-order valence-corrected chi connectivity index (χ2v) is 14.0. The molecule has 1 aliphatic heterocycles. The van der Waals surface area contributed by atoms with Crippen molar-refractivity contribution in [3.63, 3.8) is 0 Å². The maximum atomic E-state index is 12.6. The van der Waals surface area contributed by atoms with E-state index in [2.05, 4.69) is 0 Å². The number of fused-ring (bicyclic) bond motifs is 1. The van der Waals surface area contributed by atoms with E-state index in [1.165, 1.54) is 0 Å². The Kier molecular flexibility index (Phi) is 5.16. The first-order chi connectivity index (χ1) is 14.7. The summed E-state index contributed by atoms with van der Waals surface area (Å²) in [4.78, 5) is 24.1. The van der Waals surface area contributed by atoms with Crippen LogP contribution in [0.15, 0.2) is 0 Å². The Hall–Kier alpha value is -0.723. The highest BCUT2D eigenvalue weighted by Crippen LogP contribution is 2.43. The monoisotopic (exact) mass is 404 g/mol. The van der Waals surface area contributed by atoms with E-state index < -0.39 is 52.4 Å². The summed E-state index contributed by atoms with van der Waals surface area (Å²) in [5.74, 6) is -1.34. The van der Waals surface area contributed by atoms with Gasteiger partial charge in [-0.25, -0.2) is 0 Å². The van der Waals surface area contributed by atoms with Crippen molar-refractivity contribution in [1.82, 2.24) is 0 Å². The van der Waals surface area contributed by atoms with Gasteiger partial charge in [-0.05, 0) is 43.2 Å². The molecule has 2 aliphatic rings. The average Bonchev–Trinajstić information content (AvgIpc) is 3.11. The molecule has 2 rings (SSSR count). The number of rotatable bonds is 10. The topological polar surface area (TPSA) is 72.8 Å². The fraction of sp³-hybridized carbons (Fsp3) is 0.905. The van der Waals surface area contributed by atoms with Crippen LogP contribution >= 0.6 is 0 Å². The number of ether oxygens (including phenoxy) is 1. The third-order valence-corrected chi connectivity index (χ3v) is 10.7. The van der Waals surface area contributed by atoms with Crippen LogP contribution in [-0.2, 0) is 18.8 Å². The summed E-state index contributed by atoms with van der Waals surface area (Å²) >= 11 is 0. The van der Waals surface area contributed by atoms with Crippen molar-refractivity contribution >= 4 is 20.1 Å². The van der Waals surface area contributed by atoms with Gasteiger partial charge in [0.2, 0.25) is 0 Å². The summed E-state index contributed by atoms with van der Waals surface area (Å²) in [7, 11) is -2.39. The van der Waals surface area contributed by atoms with E-state index in [9.17, 15) is 14.7 Å². The molecular formula is C21H38O5Si. The van der Waals surface area contributed by atoms with Gasteiger partial charge >= 0.3 is 5.97 Å². The van der Waals surface area contributed by atoms with Crippen molar-refractivity contribution in [2.75, 3.05) is 6.61 Å². The second-order valence-electron chi connectivity index (χ2n) is 9.14. The molecule has 1 saturated heterocycles. The van der Waals surface area contributed by atoms with Gasteiger partial charge in [-0.3, -0.25) is 9.59 Å². The Balaban J connectivity index is 1.99. The molecule has 2 fully saturated rings. The van der Waals surface area contributed by atoms with Crippen molar-refractivity contribution in [3.05, 3.63) is 0 Å². The maximum Gasteiger partial charge on any atom is 0.306 e. The fourth-order valence-corrected chi connectivity index (χ4v) is 4.34. The molecule has 0 aromatic carbocycles. The predicted octanol–water partition coefficient (Wildman–Crippen LogP) is 4.23. The Morgan fingerprint density at radius 3 is 2.67 bits per heavy atom. The van der Waals surface area contributed by atoms with E-state index in [0.717, 1.165) is 0 Å². The van der Waals surface area contributed by atoms with E-state index in [-0.39, 0.29) is 48.2 Å². The third kappa shape index (κ3) is 6.13. The van der Waals surface area contributed by atoms with Gasteiger partial charge < -0.3 is 14.3 Å². The highest BCUT2D eigenvalue weighted by Gasteiger charge is 2.49. The third-order valence-electron chi connectivity index (χ3n) is 6.21. The van der Waals surface area contributed by atoms with Crippen molar-refractivity contribution in [3.8, 4) is 0 Å². The molecule has 0 unspecified atom stereocenters. The minimum absolute atomic E-state index is 0.0851. The Bertz CT molecular complexity index is 752. The summed E-state index contributed by atoms with van der Waals surface area (Å²) in [6, 6.07) is 0. The number of hydrogen-bond acceptors (Lipinski definition) is 5. The van der Waals surface area contributed by atoms with Gasteiger partial charge in [0.25, 0.3) is 0 Å². The molecule has 27 heavy (non-hydrogen) atoms. The number of aliphatic hydroxyl groups is 1. The molecule has 0 amide bonds. The Morgan fingerprint density at radius 1 is 1.30 bits per heavy atom. The number of Topliss-reactive ketones (excluding diaryl/α,β-unsaturated/α-hetero) is 1. The molecule has 1 saturated carbocycles. The van der Waals surface area contributed by atoms with Crippen molar-refractivity contribution in [2.24, 2.45) is 11.8 Å². The normalized spacial score (nSPS) is 33.2. The van der Waals surface area contributed by atoms with Crippen LogP contribution < -0.4 is 0 Å². The summed E-state index contributed by atoms with van der Waals surface area (Å²) in [6.07, 6.45) is -9.53. The quantitative estimate of drug-likeness (QED) is 0.436. The lowest BCUT2D eigenvalue weighted by Gasteiger charge is -2.36. The predicted molar refractivity (Wildman–Crippen MR) is 108 cm³/mol. The van der Waals surface area contributed by atoms with Crippen LogP contribution in [0.1, 0.15) is 80.2 Å². The van der Waals surface area contributed by atoms with Gasteiger partial charge in [0, 0.05) is 40.0 Å². The van der Waals surface area contributed by atoms with E-state index >= 15 is 0 Å². The number of ketones is 1. The molecule has 0 bridgehead atoms. The number of hydrogen-bond donors (Lipinski definition) is 1. The molecule has 0 radical (unpaired) electrons. The minimum Gasteiger partial charge on any atom is -0.462 e. The van der Waals surface area contributed by atoms with E-state index in [4.69, 9.17) is 17.4 Å². The van der Waals surface area contributed by atoms with Crippen molar-refractivity contribution in [2.45, 2.75) is 102 Å². The molecule has 0 aromatic rings. The highest BCUT2D eigenvalue weighted by molar-refractivity contribution is 6.74. The standard InChI is InChI=1S/C21H38O5Si/c1-21(2,3)27(4,5)25-12-8-6-7-9-15(22)10-11-16-17-13-20(24)26-19(17)14-18(16)23/h16-19,23H,6-14H2,1-5H3/t16-,17-,18-,19+/m1/s1/i6D2,7D2,8D2. The molecule has 156 valence electrons. The first-order valence-corrected chi connectivity index (χ1v) is 12.7. The first-order valence-electron chi connectivity index (χ1n) is 12.7. The number of esters is 1. The molecule has 0 aromatic heterocycles. The van der Waals surface area contributed by atoms with Crippen LogP contribution in [0.4, 0.5) is 0 Å². The summed E-state index contributed by atoms with van der Waals surface area (Å²) in [6.45, 7) is 9.12. The Morgan fingerprint density at radius 2 is 2.00 bits per heavy atom. The van der Waals surface area contributed by atoms with Crippen LogP contribution in [0.5, 0.6) is 0 Å². The number of carbonyl (C=O) groups excluding carboxylic acids is 2. The summed E-state index contributed by atoms with van der Waals surface area (Å²) < 4.78 is 60.4. The van der Waals surface area contributed by atoms with Crippen LogP contribution in [0, 0.1) is 11.8 Å². The molecule has 1 aliphatic carbocycles. The van der Waals surface area contributed by atoms with Gasteiger partial charge in [0.15, 0.2) is 8.32 Å². The first kappa shape index (κ1) is 15.2. The zero-order valence-corrected chi connectivity index (χ0v) is 18.1. The molecule has 0 spiro atoms. The number of carbonyl (C=O) groups is 2. The summed E-state index contributed by atoms with van der Waals surface area (Å²) in [5.41, 5.74) is 0. The van der Waals surface area contributed by atoms with E-state index in [1.54, 1.807) is 0 Å². The van der Waals surface area contributed by atoms with E-state index in [1.807, 2.05) is 33.9 Å². The van der Waals surface area contributed by atoms with Crippen molar-refractivity contribution in [1.29, 1.82) is 0 Å². The lowest BCUT2D eigenvalue weighted by molar-refractivity contribution is -0.141. The Labute approximate surface area is 173 Å². The van der Waals surface area contributed by atoms with E-state index in [0.29, 0.717) is 6.42 Å². The van der Waals surface area contributed by atoms with Crippen molar-refractivity contribution < 1.29 is 32.1 Å². The molecule has 1 heterocycles. The van der Waals surface area contributed by atoms with Gasteiger partial charge in [0.05, 0.1) is 12.5 Å². The maximum absolute atomic E-state index is 12.6. The zero-order valence-electron chi connectivity index (χ0n) is 23.1. The van der Waals surface area contributed by atoms with Crippen LogP contribution in [0.3, 0.4) is 0 Å².